The molecule has 0 saturated heterocycles. The molecule has 0 bridgehead atoms. The van der Waals surface area contributed by atoms with Gasteiger partial charge in [-0.2, -0.15) is 0 Å². The number of ether oxygens (including phenoxy) is 3. The van der Waals surface area contributed by atoms with Crippen molar-refractivity contribution in [2.45, 2.75) is 84.2 Å². The Morgan fingerprint density at radius 2 is 1.94 bits per heavy atom. The normalized spacial score (nSPS) is 32.8. The molecule has 182 valence electrons. The van der Waals surface area contributed by atoms with Gasteiger partial charge in [0.15, 0.2) is 0 Å². The largest absolute Gasteiger partial charge is 0.495 e. The van der Waals surface area contributed by atoms with Crippen LogP contribution in [0.4, 0.5) is 0 Å². The van der Waals surface area contributed by atoms with Crippen LogP contribution in [0.3, 0.4) is 0 Å². The molecule has 0 radical (unpaired) electrons. The molecule has 3 N–H and O–H groups in total. The summed E-state index contributed by atoms with van der Waals surface area (Å²) in [6.07, 6.45) is 0.0469. The predicted molar refractivity (Wildman–Crippen MR) is 118 cm³/mol. The Morgan fingerprint density at radius 1 is 1.27 bits per heavy atom. The Morgan fingerprint density at radius 3 is 2.52 bits per heavy atom. The van der Waals surface area contributed by atoms with Crippen LogP contribution < -0.4 is 9.47 Å². The molecule has 0 amide bonds. The van der Waals surface area contributed by atoms with Crippen LogP contribution in [-0.4, -0.2) is 51.7 Å². The Balaban J connectivity index is 1.91. The van der Waals surface area contributed by atoms with Crippen LogP contribution in [0.25, 0.3) is 0 Å². The fourth-order valence-corrected chi connectivity index (χ4v) is 7.11. The molecule has 8 heteroatoms. The van der Waals surface area contributed by atoms with Crippen LogP contribution in [-0.2, 0) is 22.6 Å². The van der Waals surface area contributed by atoms with Crippen LogP contribution in [0.15, 0.2) is 0 Å². The minimum absolute atomic E-state index is 0.0953. The molecule has 1 aliphatic carbocycles. The van der Waals surface area contributed by atoms with Gasteiger partial charge in [-0.15, -0.1) is 0 Å². The van der Waals surface area contributed by atoms with Crippen LogP contribution in [0, 0.1) is 24.2 Å². The van der Waals surface area contributed by atoms with Crippen molar-refractivity contribution in [1.82, 2.24) is 0 Å². The second-order valence-corrected chi connectivity index (χ2v) is 10.9. The summed E-state index contributed by atoms with van der Waals surface area (Å²) in [4.78, 5) is 24.0. The number of methoxy groups -OCH3 is 1. The number of carboxylic acids is 1. The second-order valence-electron chi connectivity index (χ2n) is 10.9. The smallest absolute Gasteiger partial charge is 0.342 e. The average Bonchev–Trinajstić information content (AvgIpc) is 3.07. The van der Waals surface area contributed by atoms with Gasteiger partial charge in [-0.3, -0.25) is 4.79 Å². The maximum Gasteiger partial charge on any atom is 0.342 e. The molecular formula is C25H34O8. The highest BCUT2D eigenvalue weighted by atomic mass is 16.5. The minimum atomic E-state index is -1.24. The minimum Gasteiger partial charge on any atom is -0.495 e. The molecule has 3 aliphatic rings. The summed E-state index contributed by atoms with van der Waals surface area (Å²) in [5, 5.41) is 31.8. The van der Waals surface area contributed by atoms with Crippen molar-refractivity contribution in [1.29, 1.82) is 0 Å². The lowest BCUT2D eigenvalue weighted by Gasteiger charge is -2.61. The van der Waals surface area contributed by atoms with E-state index >= 15 is 0 Å². The first-order valence-electron chi connectivity index (χ1n) is 11.4. The third-order valence-corrected chi connectivity index (χ3v) is 8.25. The van der Waals surface area contributed by atoms with Gasteiger partial charge in [-0.25, -0.2) is 4.79 Å². The molecule has 1 saturated carbocycles. The number of rotatable bonds is 5. The number of aliphatic carboxylic acids is 1. The molecule has 0 unspecified atom stereocenters. The highest BCUT2D eigenvalue weighted by Gasteiger charge is 2.63. The SMILES string of the molecule is COc1c2c(c(C)c3c1C(=O)OC3)O[C@]1(C)C[C@@H](O)[C@H](C(C)(C)O)[C@@](C)(CCC(=O)O)[C@@H]1C2. The van der Waals surface area contributed by atoms with E-state index in [9.17, 15) is 24.9 Å². The van der Waals surface area contributed by atoms with Crippen LogP contribution >= 0.6 is 0 Å². The molecule has 5 atom stereocenters. The van der Waals surface area contributed by atoms with Crippen molar-refractivity contribution in [2.75, 3.05) is 7.11 Å². The Labute approximate surface area is 193 Å². The van der Waals surface area contributed by atoms with Gasteiger partial charge in [0.2, 0.25) is 0 Å². The summed E-state index contributed by atoms with van der Waals surface area (Å²) < 4.78 is 17.6. The Kier molecular flexibility index (Phi) is 5.49. The fraction of sp³-hybridized carbons (Fsp3) is 0.680. The lowest BCUT2D eigenvalue weighted by Crippen LogP contribution is -2.66. The van der Waals surface area contributed by atoms with Crippen molar-refractivity contribution in [3.63, 3.8) is 0 Å². The van der Waals surface area contributed by atoms with E-state index in [1.165, 1.54) is 7.11 Å². The van der Waals surface area contributed by atoms with Crippen molar-refractivity contribution >= 4 is 11.9 Å². The number of carbonyl (C=O) groups is 2. The van der Waals surface area contributed by atoms with E-state index in [-0.39, 0.29) is 25.4 Å². The second kappa shape index (κ2) is 7.60. The van der Waals surface area contributed by atoms with Gasteiger partial charge in [0, 0.05) is 35.8 Å². The molecule has 2 aliphatic heterocycles. The molecule has 33 heavy (non-hydrogen) atoms. The molecule has 8 nitrogen and oxygen atoms in total. The molecule has 2 heterocycles. The van der Waals surface area contributed by atoms with Crippen molar-refractivity contribution < 1.29 is 39.1 Å². The standard InChI is InChI=1S/C25H34O8/c1-12-14-11-32-22(29)18(14)20(31-6)13-9-16-24(4,8-7-17(27)28)21(23(2,3)30)15(26)10-25(16,5)33-19(12)13/h15-16,21,26,30H,7-11H2,1-6H3,(H,27,28)/t15-,16+,21-,24+,25-/m1/s1. The summed E-state index contributed by atoms with van der Waals surface area (Å²) in [6, 6.07) is 0. The van der Waals surface area contributed by atoms with Crippen molar-refractivity contribution in [3.05, 3.63) is 22.3 Å². The quantitative estimate of drug-likeness (QED) is 0.571. The highest BCUT2D eigenvalue weighted by Crippen LogP contribution is 2.61. The number of cyclic esters (lactones) is 1. The zero-order chi connectivity index (χ0) is 24.5. The highest BCUT2D eigenvalue weighted by molar-refractivity contribution is 5.98. The summed E-state index contributed by atoms with van der Waals surface area (Å²) >= 11 is 0. The molecule has 4 rings (SSSR count). The van der Waals surface area contributed by atoms with E-state index in [4.69, 9.17) is 14.2 Å². The number of carboxylic acid groups (broad SMARTS) is 1. The number of fused-ring (bicyclic) bond motifs is 3. The van der Waals surface area contributed by atoms with E-state index in [2.05, 4.69) is 0 Å². The van der Waals surface area contributed by atoms with Crippen LogP contribution in [0.1, 0.15) is 74.0 Å². The number of hydrogen-bond acceptors (Lipinski definition) is 7. The summed E-state index contributed by atoms with van der Waals surface area (Å²) in [6.45, 7) is 9.27. The van der Waals surface area contributed by atoms with Gasteiger partial charge in [0.05, 0.1) is 18.8 Å². The van der Waals surface area contributed by atoms with Crippen molar-refractivity contribution in [3.8, 4) is 11.5 Å². The van der Waals surface area contributed by atoms with Crippen LogP contribution in [0.5, 0.6) is 11.5 Å². The Hall–Kier alpha value is -2.32. The summed E-state index contributed by atoms with van der Waals surface area (Å²) in [5.74, 6) is -1.10. The first-order valence-corrected chi connectivity index (χ1v) is 11.4. The van der Waals surface area contributed by atoms with Crippen LogP contribution in [0.2, 0.25) is 0 Å². The number of hydrogen-bond donors (Lipinski definition) is 3. The lowest BCUT2D eigenvalue weighted by atomic mass is 9.48. The Bertz CT molecular complexity index is 1010. The van der Waals surface area contributed by atoms with Crippen molar-refractivity contribution in [2.24, 2.45) is 17.3 Å². The van der Waals surface area contributed by atoms with Gasteiger partial charge in [0.25, 0.3) is 0 Å². The number of aliphatic hydroxyl groups is 2. The molecule has 1 fully saturated rings. The zero-order valence-corrected chi connectivity index (χ0v) is 20.2. The fourth-order valence-electron chi connectivity index (χ4n) is 7.11. The predicted octanol–water partition coefficient (Wildman–Crippen LogP) is 3.01. The number of benzene rings is 1. The van der Waals surface area contributed by atoms with E-state index < -0.39 is 40.6 Å². The zero-order valence-electron chi connectivity index (χ0n) is 20.2. The third kappa shape index (κ3) is 3.49. The first kappa shape index (κ1) is 23.8. The van der Waals surface area contributed by atoms with E-state index in [1.54, 1.807) is 13.8 Å². The number of carbonyl (C=O) groups excluding carboxylic acids is 1. The van der Waals surface area contributed by atoms with Gasteiger partial charge >= 0.3 is 11.9 Å². The van der Waals surface area contributed by atoms with E-state index in [0.29, 0.717) is 29.9 Å². The lowest BCUT2D eigenvalue weighted by molar-refractivity contribution is -0.213. The maximum atomic E-state index is 12.5. The van der Waals surface area contributed by atoms with E-state index in [1.807, 2.05) is 20.8 Å². The molecule has 0 spiro atoms. The molecule has 1 aromatic carbocycles. The summed E-state index contributed by atoms with van der Waals surface area (Å²) in [7, 11) is 1.51. The van der Waals surface area contributed by atoms with Gasteiger partial charge < -0.3 is 29.5 Å². The van der Waals surface area contributed by atoms with Gasteiger partial charge in [-0.1, -0.05) is 6.92 Å². The first-order chi connectivity index (χ1) is 15.2. The van der Waals surface area contributed by atoms with Gasteiger partial charge in [-0.05, 0) is 51.5 Å². The third-order valence-electron chi connectivity index (χ3n) is 8.25. The monoisotopic (exact) mass is 462 g/mol. The molecular weight excluding hydrogens is 428 g/mol. The molecule has 0 aromatic heterocycles. The summed E-state index contributed by atoms with van der Waals surface area (Å²) in [5.41, 5.74) is -0.0651. The average molecular weight is 463 g/mol. The number of aliphatic hydroxyl groups excluding tert-OH is 1. The van der Waals surface area contributed by atoms with E-state index in [0.717, 1.165) is 16.7 Å². The topological polar surface area (TPSA) is 123 Å². The number of esters is 1. The maximum absolute atomic E-state index is 12.5. The molecule has 1 aromatic rings. The van der Waals surface area contributed by atoms with Gasteiger partial charge in [0.1, 0.15) is 29.3 Å².